The molecular formula is C19H25NO. The van der Waals surface area contributed by atoms with Gasteiger partial charge in [-0.2, -0.15) is 0 Å². The topological polar surface area (TPSA) is 35.2 Å². The Labute approximate surface area is 127 Å². The summed E-state index contributed by atoms with van der Waals surface area (Å²) >= 11 is 0. The monoisotopic (exact) mass is 283 g/mol. The van der Waals surface area contributed by atoms with Crippen molar-refractivity contribution in [2.45, 2.75) is 32.6 Å². The summed E-state index contributed by atoms with van der Waals surface area (Å²) in [6, 6.07) is 16.9. The van der Waals surface area contributed by atoms with E-state index in [9.17, 15) is 0 Å². The van der Waals surface area contributed by atoms with Crippen LogP contribution in [0.15, 0.2) is 48.5 Å². The number of aryl methyl sites for hydroxylation is 2. The van der Waals surface area contributed by atoms with Crippen LogP contribution in [-0.2, 0) is 0 Å². The number of hydrogen-bond donors (Lipinski definition) is 1. The van der Waals surface area contributed by atoms with E-state index in [1.807, 2.05) is 12.1 Å². The molecule has 0 aliphatic heterocycles. The van der Waals surface area contributed by atoms with Crippen LogP contribution in [0.1, 0.15) is 35.4 Å². The molecular weight excluding hydrogens is 258 g/mol. The Morgan fingerprint density at radius 1 is 0.905 bits per heavy atom. The van der Waals surface area contributed by atoms with Gasteiger partial charge in [0.15, 0.2) is 0 Å². The van der Waals surface area contributed by atoms with Crippen molar-refractivity contribution in [3.05, 3.63) is 65.2 Å². The van der Waals surface area contributed by atoms with Gasteiger partial charge in [-0.15, -0.1) is 0 Å². The van der Waals surface area contributed by atoms with Crippen molar-refractivity contribution >= 4 is 0 Å². The average Bonchev–Trinajstić information content (AvgIpc) is 2.50. The van der Waals surface area contributed by atoms with Gasteiger partial charge in [-0.25, -0.2) is 0 Å². The van der Waals surface area contributed by atoms with Gasteiger partial charge in [-0.1, -0.05) is 47.5 Å². The number of benzene rings is 2. The molecule has 0 aliphatic carbocycles. The molecule has 2 heteroatoms. The predicted octanol–water partition coefficient (Wildman–Crippen LogP) is 4.20. The summed E-state index contributed by atoms with van der Waals surface area (Å²) in [5, 5.41) is 0. The Morgan fingerprint density at radius 2 is 1.48 bits per heavy atom. The third-order valence-electron chi connectivity index (χ3n) is 3.82. The molecule has 1 atom stereocenters. The van der Waals surface area contributed by atoms with Crippen molar-refractivity contribution in [1.82, 2.24) is 0 Å². The highest BCUT2D eigenvalue weighted by Crippen LogP contribution is 2.21. The van der Waals surface area contributed by atoms with Crippen molar-refractivity contribution < 1.29 is 4.74 Å². The standard InChI is InChI=1S/C19H25NO/c1-15-5-9-17(10-6-15)18(14-20)4-3-13-21-19-11-7-16(2)8-12-19/h5-12,18H,3-4,13-14,20H2,1-2H3. The van der Waals surface area contributed by atoms with Gasteiger partial charge in [-0.3, -0.25) is 0 Å². The van der Waals surface area contributed by atoms with E-state index in [0.717, 1.165) is 25.2 Å². The highest BCUT2D eigenvalue weighted by Gasteiger charge is 2.09. The fraction of sp³-hybridized carbons (Fsp3) is 0.368. The molecule has 0 saturated heterocycles. The molecule has 0 fully saturated rings. The molecule has 2 rings (SSSR count). The molecule has 0 amide bonds. The van der Waals surface area contributed by atoms with E-state index >= 15 is 0 Å². The SMILES string of the molecule is Cc1ccc(OCCCC(CN)c2ccc(C)cc2)cc1. The normalized spacial score (nSPS) is 12.1. The second-order valence-electron chi connectivity index (χ2n) is 5.65. The highest BCUT2D eigenvalue weighted by atomic mass is 16.5. The highest BCUT2D eigenvalue weighted by molar-refractivity contribution is 5.26. The van der Waals surface area contributed by atoms with Crippen molar-refractivity contribution in [2.24, 2.45) is 5.73 Å². The molecule has 2 aromatic carbocycles. The lowest BCUT2D eigenvalue weighted by molar-refractivity contribution is 0.301. The first-order valence-electron chi connectivity index (χ1n) is 7.65. The minimum Gasteiger partial charge on any atom is -0.494 e. The lowest BCUT2D eigenvalue weighted by atomic mass is 9.94. The van der Waals surface area contributed by atoms with Crippen molar-refractivity contribution in [2.75, 3.05) is 13.2 Å². The van der Waals surface area contributed by atoms with Crippen LogP contribution in [0.2, 0.25) is 0 Å². The molecule has 0 aliphatic rings. The maximum atomic E-state index is 5.91. The van der Waals surface area contributed by atoms with E-state index in [2.05, 4.69) is 50.2 Å². The molecule has 2 nitrogen and oxygen atoms in total. The smallest absolute Gasteiger partial charge is 0.119 e. The molecule has 0 saturated carbocycles. The van der Waals surface area contributed by atoms with Crippen molar-refractivity contribution in [3.8, 4) is 5.75 Å². The molecule has 0 heterocycles. The maximum Gasteiger partial charge on any atom is 0.119 e. The summed E-state index contributed by atoms with van der Waals surface area (Å²) in [5.74, 6) is 1.37. The van der Waals surface area contributed by atoms with Gasteiger partial charge in [0.2, 0.25) is 0 Å². The lowest BCUT2D eigenvalue weighted by Crippen LogP contribution is -2.13. The Hall–Kier alpha value is -1.80. The zero-order valence-corrected chi connectivity index (χ0v) is 13.0. The Balaban J connectivity index is 1.78. The summed E-state index contributed by atoms with van der Waals surface area (Å²) < 4.78 is 5.77. The largest absolute Gasteiger partial charge is 0.494 e. The van der Waals surface area contributed by atoms with Crippen LogP contribution in [0, 0.1) is 13.8 Å². The summed E-state index contributed by atoms with van der Waals surface area (Å²) in [6.45, 7) is 5.62. The zero-order chi connectivity index (χ0) is 15.1. The minimum absolute atomic E-state index is 0.423. The molecule has 0 bridgehead atoms. The number of hydrogen-bond acceptors (Lipinski definition) is 2. The first kappa shape index (κ1) is 15.6. The van der Waals surface area contributed by atoms with Crippen molar-refractivity contribution in [3.63, 3.8) is 0 Å². The fourth-order valence-corrected chi connectivity index (χ4v) is 2.41. The van der Waals surface area contributed by atoms with Crippen LogP contribution in [0.25, 0.3) is 0 Å². The van der Waals surface area contributed by atoms with Gasteiger partial charge in [0.1, 0.15) is 5.75 Å². The maximum absolute atomic E-state index is 5.91. The van der Waals surface area contributed by atoms with Gasteiger partial charge in [0.05, 0.1) is 6.61 Å². The molecule has 112 valence electrons. The quantitative estimate of drug-likeness (QED) is 0.773. The second-order valence-corrected chi connectivity index (χ2v) is 5.65. The van der Waals surface area contributed by atoms with Gasteiger partial charge in [-0.05, 0) is 56.8 Å². The lowest BCUT2D eigenvalue weighted by Gasteiger charge is -2.15. The van der Waals surface area contributed by atoms with Crippen molar-refractivity contribution in [1.29, 1.82) is 0 Å². The zero-order valence-electron chi connectivity index (χ0n) is 13.0. The van der Waals surface area contributed by atoms with Gasteiger partial charge in [0, 0.05) is 0 Å². The molecule has 0 radical (unpaired) electrons. The predicted molar refractivity (Wildman–Crippen MR) is 88.9 cm³/mol. The molecule has 1 unspecified atom stereocenters. The summed E-state index contributed by atoms with van der Waals surface area (Å²) in [5.41, 5.74) is 9.79. The van der Waals surface area contributed by atoms with E-state index in [-0.39, 0.29) is 0 Å². The second kappa shape index (κ2) is 7.84. The fourth-order valence-electron chi connectivity index (χ4n) is 2.41. The van der Waals surface area contributed by atoms with E-state index in [1.165, 1.54) is 16.7 Å². The van der Waals surface area contributed by atoms with E-state index in [1.54, 1.807) is 0 Å². The summed E-state index contributed by atoms with van der Waals surface area (Å²) in [7, 11) is 0. The third kappa shape index (κ3) is 4.91. The van der Waals surface area contributed by atoms with Crippen LogP contribution < -0.4 is 10.5 Å². The number of rotatable bonds is 7. The first-order valence-corrected chi connectivity index (χ1v) is 7.65. The van der Waals surface area contributed by atoms with Crippen LogP contribution in [0.4, 0.5) is 0 Å². The Morgan fingerprint density at radius 3 is 2.05 bits per heavy atom. The third-order valence-corrected chi connectivity index (χ3v) is 3.82. The van der Waals surface area contributed by atoms with Gasteiger partial charge >= 0.3 is 0 Å². The van der Waals surface area contributed by atoms with Crippen LogP contribution in [-0.4, -0.2) is 13.2 Å². The molecule has 2 N–H and O–H groups in total. The molecule has 0 aromatic heterocycles. The van der Waals surface area contributed by atoms with E-state index in [4.69, 9.17) is 10.5 Å². The van der Waals surface area contributed by atoms with E-state index in [0.29, 0.717) is 12.5 Å². The molecule has 2 aromatic rings. The van der Waals surface area contributed by atoms with Crippen LogP contribution in [0.5, 0.6) is 5.75 Å². The number of nitrogens with two attached hydrogens (primary N) is 1. The Kier molecular flexibility index (Phi) is 5.82. The molecule has 0 spiro atoms. The molecule has 21 heavy (non-hydrogen) atoms. The van der Waals surface area contributed by atoms with E-state index < -0.39 is 0 Å². The summed E-state index contributed by atoms with van der Waals surface area (Å²) in [4.78, 5) is 0. The van der Waals surface area contributed by atoms with Gasteiger partial charge in [0.25, 0.3) is 0 Å². The summed E-state index contributed by atoms with van der Waals surface area (Å²) in [6.07, 6.45) is 2.08. The van der Waals surface area contributed by atoms with Crippen LogP contribution >= 0.6 is 0 Å². The minimum atomic E-state index is 0.423. The Bertz CT molecular complexity index is 530. The first-order chi connectivity index (χ1) is 10.2. The number of ether oxygens (including phenoxy) is 1. The average molecular weight is 283 g/mol. The van der Waals surface area contributed by atoms with Gasteiger partial charge < -0.3 is 10.5 Å². The van der Waals surface area contributed by atoms with Crippen LogP contribution in [0.3, 0.4) is 0 Å².